The first-order valence-corrected chi connectivity index (χ1v) is 4.49. The quantitative estimate of drug-likeness (QED) is 0.483. The maximum atomic E-state index is 5.80. The molecule has 1 aromatic heterocycles. The summed E-state index contributed by atoms with van der Waals surface area (Å²) in [5.74, 6) is 5.64. The molecule has 0 aliphatic carbocycles. The summed E-state index contributed by atoms with van der Waals surface area (Å²) in [6, 6.07) is 3.76. The first kappa shape index (κ1) is 8.68. The molecule has 1 aromatic carbocycles. The van der Waals surface area contributed by atoms with Gasteiger partial charge in [-0.1, -0.05) is 0 Å². The smallest absolute Gasteiger partial charge is 0.117 e. The van der Waals surface area contributed by atoms with Crippen molar-refractivity contribution in [3.05, 3.63) is 18.3 Å². The van der Waals surface area contributed by atoms with Crippen LogP contribution in [-0.2, 0) is 0 Å². The Hall–Kier alpha value is -1.91. The molecular formula is C9H13N5. The summed E-state index contributed by atoms with van der Waals surface area (Å²) >= 11 is 0. The molecule has 5 N–H and O–H groups in total. The Morgan fingerprint density at radius 3 is 3.00 bits per heavy atom. The van der Waals surface area contributed by atoms with Gasteiger partial charge in [0.25, 0.3) is 0 Å². The molecule has 0 aliphatic heterocycles. The summed E-state index contributed by atoms with van der Waals surface area (Å²) in [6.07, 6.45) is 1.71. The van der Waals surface area contributed by atoms with Crippen LogP contribution in [0, 0.1) is 0 Å². The van der Waals surface area contributed by atoms with Gasteiger partial charge in [-0.3, -0.25) is 0 Å². The molecular weight excluding hydrogens is 178 g/mol. The van der Waals surface area contributed by atoms with Crippen LogP contribution in [0.4, 0.5) is 11.4 Å². The molecule has 0 saturated carbocycles. The van der Waals surface area contributed by atoms with Crippen molar-refractivity contribution in [1.82, 2.24) is 9.89 Å². The molecule has 14 heavy (non-hydrogen) atoms. The van der Waals surface area contributed by atoms with Gasteiger partial charge in [-0.05, 0) is 19.1 Å². The highest BCUT2D eigenvalue weighted by molar-refractivity contribution is 5.98. The molecule has 5 nitrogen and oxygen atoms in total. The van der Waals surface area contributed by atoms with Crippen LogP contribution < -0.4 is 16.9 Å². The summed E-state index contributed by atoms with van der Waals surface area (Å²) in [6.45, 7) is 2.89. The molecule has 0 saturated heterocycles. The maximum Gasteiger partial charge on any atom is 0.117 e. The van der Waals surface area contributed by atoms with Crippen molar-refractivity contribution in [3.63, 3.8) is 0 Å². The molecule has 5 heteroatoms. The fraction of sp³-hybridized carbons (Fsp3) is 0.222. The second kappa shape index (κ2) is 3.10. The van der Waals surface area contributed by atoms with Crippen LogP contribution in [0.3, 0.4) is 0 Å². The van der Waals surface area contributed by atoms with Gasteiger partial charge < -0.3 is 16.9 Å². The topological polar surface area (TPSA) is 81.9 Å². The van der Waals surface area contributed by atoms with E-state index in [0.717, 1.165) is 23.1 Å². The Kier molecular flexibility index (Phi) is 1.92. The van der Waals surface area contributed by atoms with Gasteiger partial charge in [-0.15, -0.1) is 0 Å². The van der Waals surface area contributed by atoms with E-state index in [1.165, 1.54) is 4.79 Å². The van der Waals surface area contributed by atoms with Crippen LogP contribution in [0.25, 0.3) is 10.9 Å². The summed E-state index contributed by atoms with van der Waals surface area (Å²) in [5, 5.41) is 8.15. The van der Waals surface area contributed by atoms with Crippen LogP contribution in [0.2, 0.25) is 0 Å². The Labute approximate surface area is 81.6 Å². The fourth-order valence-corrected chi connectivity index (χ4v) is 1.53. The van der Waals surface area contributed by atoms with Gasteiger partial charge in [0.15, 0.2) is 0 Å². The second-order valence-corrected chi connectivity index (χ2v) is 3.08. The summed E-state index contributed by atoms with van der Waals surface area (Å²) in [5.41, 5.74) is 8.21. The molecule has 0 unspecified atom stereocenters. The normalized spacial score (nSPS) is 10.6. The Morgan fingerprint density at radius 2 is 2.29 bits per heavy atom. The van der Waals surface area contributed by atoms with Crippen LogP contribution in [0.5, 0.6) is 0 Å². The van der Waals surface area contributed by atoms with E-state index in [9.17, 15) is 0 Å². The standard InChI is InChI=1S/C9H13N5/c1-2-12-8-4-3-7(10)9-6(8)5-13-14(9)11/h3-5,12H,2,10-11H2,1H3. The van der Waals surface area contributed by atoms with Gasteiger partial charge in [0.1, 0.15) is 5.52 Å². The van der Waals surface area contributed by atoms with Crippen molar-refractivity contribution in [3.8, 4) is 0 Å². The molecule has 0 atom stereocenters. The zero-order valence-corrected chi connectivity index (χ0v) is 7.99. The molecule has 0 fully saturated rings. The number of anilines is 2. The zero-order valence-electron chi connectivity index (χ0n) is 7.99. The Morgan fingerprint density at radius 1 is 1.50 bits per heavy atom. The van der Waals surface area contributed by atoms with Crippen molar-refractivity contribution in [2.45, 2.75) is 6.92 Å². The van der Waals surface area contributed by atoms with E-state index < -0.39 is 0 Å². The monoisotopic (exact) mass is 191 g/mol. The van der Waals surface area contributed by atoms with Crippen molar-refractivity contribution in [1.29, 1.82) is 0 Å². The van der Waals surface area contributed by atoms with Crippen LogP contribution >= 0.6 is 0 Å². The predicted molar refractivity (Wildman–Crippen MR) is 58.5 cm³/mol. The molecule has 74 valence electrons. The number of hydrogen-bond acceptors (Lipinski definition) is 4. The largest absolute Gasteiger partial charge is 0.397 e. The first-order valence-electron chi connectivity index (χ1n) is 4.49. The average molecular weight is 191 g/mol. The van der Waals surface area contributed by atoms with E-state index >= 15 is 0 Å². The van der Waals surface area contributed by atoms with Gasteiger partial charge in [-0.2, -0.15) is 9.89 Å². The van der Waals surface area contributed by atoms with E-state index in [4.69, 9.17) is 11.6 Å². The molecule has 0 amide bonds. The zero-order chi connectivity index (χ0) is 10.1. The number of fused-ring (bicyclic) bond motifs is 1. The van der Waals surface area contributed by atoms with Gasteiger partial charge >= 0.3 is 0 Å². The van der Waals surface area contributed by atoms with Crippen LogP contribution in [0.15, 0.2) is 18.3 Å². The first-order chi connectivity index (χ1) is 6.74. The highest BCUT2D eigenvalue weighted by Gasteiger charge is 2.07. The number of benzene rings is 1. The Balaban J connectivity index is 2.70. The second-order valence-electron chi connectivity index (χ2n) is 3.08. The lowest BCUT2D eigenvalue weighted by atomic mass is 10.2. The molecule has 0 bridgehead atoms. The number of nitrogens with one attached hydrogen (secondary N) is 1. The van der Waals surface area contributed by atoms with E-state index in [2.05, 4.69) is 10.4 Å². The minimum Gasteiger partial charge on any atom is -0.397 e. The number of nitrogens with zero attached hydrogens (tertiary/aromatic N) is 2. The third kappa shape index (κ3) is 1.14. The number of nitrogen functional groups attached to an aromatic ring is 2. The van der Waals surface area contributed by atoms with E-state index in [1.54, 1.807) is 6.20 Å². The summed E-state index contributed by atoms with van der Waals surface area (Å²) in [7, 11) is 0. The highest BCUT2D eigenvalue weighted by atomic mass is 15.5. The predicted octanol–water partition coefficient (Wildman–Crippen LogP) is 0.764. The van der Waals surface area contributed by atoms with Gasteiger partial charge in [-0.25, -0.2) is 0 Å². The Bertz CT molecular complexity index is 459. The van der Waals surface area contributed by atoms with Crippen molar-refractivity contribution < 1.29 is 0 Å². The number of aromatic nitrogens is 2. The summed E-state index contributed by atoms with van der Waals surface area (Å²) < 4.78 is 0. The average Bonchev–Trinajstić information content (AvgIpc) is 2.54. The lowest BCUT2D eigenvalue weighted by Crippen LogP contribution is -2.10. The van der Waals surface area contributed by atoms with E-state index in [-0.39, 0.29) is 0 Å². The molecule has 1 heterocycles. The van der Waals surface area contributed by atoms with Crippen LogP contribution in [0.1, 0.15) is 6.92 Å². The number of hydrogen-bond donors (Lipinski definition) is 3. The number of nitrogens with two attached hydrogens (primary N) is 2. The van der Waals surface area contributed by atoms with Crippen molar-refractivity contribution in [2.24, 2.45) is 0 Å². The lowest BCUT2D eigenvalue weighted by Gasteiger charge is -2.06. The van der Waals surface area contributed by atoms with E-state index in [1.807, 2.05) is 19.1 Å². The van der Waals surface area contributed by atoms with Gasteiger partial charge in [0, 0.05) is 17.6 Å². The third-order valence-electron chi connectivity index (χ3n) is 2.16. The number of rotatable bonds is 2. The fourth-order valence-electron chi connectivity index (χ4n) is 1.53. The molecule has 0 spiro atoms. The van der Waals surface area contributed by atoms with Crippen molar-refractivity contribution >= 4 is 22.3 Å². The molecule has 2 aromatic rings. The SMILES string of the molecule is CCNc1ccc(N)c2c1cnn2N. The lowest BCUT2D eigenvalue weighted by molar-refractivity contribution is 0.863. The maximum absolute atomic E-state index is 5.80. The molecule has 0 radical (unpaired) electrons. The summed E-state index contributed by atoms with van der Waals surface area (Å²) in [4.78, 5) is 1.30. The van der Waals surface area contributed by atoms with Gasteiger partial charge in [0.2, 0.25) is 0 Å². The minimum atomic E-state index is 0.640. The van der Waals surface area contributed by atoms with E-state index in [0.29, 0.717) is 5.69 Å². The van der Waals surface area contributed by atoms with Gasteiger partial charge in [0.05, 0.1) is 11.9 Å². The van der Waals surface area contributed by atoms with Crippen LogP contribution in [-0.4, -0.2) is 16.4 Å². The minimum absolute atomic E-state index is 0.640. The third-order valence-corrected chi connectivity index (χ3v) is 2.16. The highest BCUT2D eigenvalue weighted by Crippen LogP contribution is 2.26. The molecule has 0 aliphatic rings. The molecule has 2 rings (SSSR count). The van der Waals surface area contributed by atoms with Crippen molar-refractivity contribution in [2.75, 3.05) is 23.4 Å².